The van der Waals surface area contributed by atoms with Crippen molar-refractivity contribution in [1.29, 1.82) is 0 Å². The summed E-state index contributed by atoms with van der Waals surface area (Å²) in [6.45, 7) is 4.79. The molecule has 0 aromatic heterocycles. The highest BCUT2D eigenvalue weighted by molar-refractivity contribution is 9.10. The van der Waals surface area contributed by atoms with E-state index in [1.54, 1.807) is 0 Å². The number of rotatable bonds is 2. The number of hydrogen-bond donors (Lipinski definition) is 0. The van der Waals surface area contributed by atoms with Gasteiger partial charge >= 0.3 is 0 Å². The monoisotopic (exact) mass is 309 g/mol. The summed E-state index contributed by atoms with van der Waals surface area (Å²) in [6.07, 6.45) is 5.37. The quantitative estimate of drug-likeness (QED) is 0.726. The molecule has 100 valence electrons. The Morgan fingerprint density at radius 2 is 1.78 bits per heavy atom. The molecule has 0 aliphatic heterocycles. The Hall–Kier alpha value is -0.500. The molecule has 0 amide bonds. The normalized spacial score (nSPS) is 19.8. The third-order valence-electron chi connectivity index (χ3n) is 4.26. The average molecular weight is 310 g/mol. The van der Waals surface area contributed by atoms with Crippen molar-refractivity contribution in [2.75, 3.05) is 19.0 Å². The highest BCUT2D eigenvalue weighted by atomic mass is 79.9. The van der Waals surface area contributed by atoms with E-state index < -0.39 is 0 Å². The highest BCUT2D eigenvalue weighted by Crippen LogP contribution is 2.43. The maximum atomic E-state index is 3.70. The molecule has 0 N–H and O–H groups in total. The van der Waals surface area contributed by atoms with Crippen LogP contribution in [0.15, 0.2) is 22.7 Å². The number of anilines is 1. The zero-order chi connectivity index (χ0) is 13.3. The summed E-state index contributed by atoms with van der Waals surface area (Å²) in [5.41, 5.74) is 3.31. The van der Waals surface area contributed by atoms with E-state index in [0.29, 0.717) is 5.41 Å². The fourth-order valence-corrected chi connectivity index (χ4v) is 3.62. The third-order valence-corrected chi connectivity index (χ3v) is 4.90. The summed E-state index contributed by atoms with van der Waals surface area (Å²) < 4.78 is 1.22. The van der Waals surface area contributed by atoms with Gasteiger partial charge in [-0.2, -0.15) is 0 Å². The lowest BCUT2D eigenvalue weighted by atomic mass is 9.71. The van der Waals surface area contributed by atoms with Gasteiger partial charge in [-0.25, -0.2) is 0 Å². The summed E-state index contributed by atoms with van der Waals surface area (Å²) in [5.74, 6) is 0.755. The van der Waals surface area contributed by atoms with Gasteiger partial charge in [-0.3, -0.25) is 0 Å². The van der Waals surface area contributed by atoms with E-state index in [1.165, 1.54) is 41.4 Å². The SMILES string of the molecule is CN(C)c1ccc(C2CCC(C)(C)CC2)cc1Br. The van der Waals surface area contributed by atoms with Crippen LogP contribution in [0.4, 0.5) is 5.69 Å². The lowest BCUT2D eigenvalue weighted by Crippen LogP contribution is -2.20. The Kier molecular flexibility index (Phi) is 4.05. The predicted octanol–water partition coefficient (Wildman–Crippen LogP) is 5.20. The second-order valence-corrected chi connectivity index (χ2v) is 7.40. The first-order valence-corrected chi connectivity index (χ1v) is 7.65. The zero-order valence-corrected chi connectivity index (χ0v) is 13.5. The summed E-state index contributed by atoms with van der Waals surface area (Å²) in [4.78, 5) is 2.15. The molecular weight excluding hydrogens is 286 g/mol. The predicted molar refractivity (Wildman–Crippen MR) is 83.5 cm³/mol. The van der Waals surface area contributed by atoms with Crippen LogP contribution in [0.25, 0.3) is 0 Å². The number of nitrogens with zero attached hydrogens (tertiary/aromatic N) is 1. The Morgan fingerprint density at radius 3 is 2.28 bits per heavy atom. The van der Waals surface area contributed by atoms with Crippen molar-refractivity contribution in [1.82, 2.24) is 0 Å². The van der Waals surface area contributed by atoms with Gasteiger partial charge in [0.05, 0.1) is 5.69 Å². The van der Waals surface area contributed by atoms with E-state index in [9.17, 15) is 0 Å². The Labute approximate surface area is 120 Å². The van der Waals surface area contributed by atoms with Gasteiger partial charge in [-0.15, -0.1) is 0 Å². The van der Waals surface area contributed by atoms with Crippen LogP contribution in [0.1, 0.15) is 51.0 Å². The molecule has 0 bridgehead atoms. The van der Waals surface area contributed by atoms with Crippen molar-refractivity contribution >= 4 is 21.6 Å². The second-order valence-electron chi connectivity index (χ2n) is 6.54. The van der Waals surface area contributed by atoms with Crippen molar-refractivity contribution in [2.45, 2.75) is 45.4 Å². The molecule has 1 aliphatic carbocycles. The molecule has 0 heterocycles. The second kappa shape index (κ2) is 5.24. The van der Waals surface area contributed by atoms with Crippen molar-refractivity contribution in [3.05, 3.63) is 28.2 Å². The fourth-order valence-electron chi connectivity index (χ4n) is 2.87. The van der Waals surface area contributed by atoms with Gasteiger partial charge in [0.2, 0.25) is 0 Å². The van der Waals surface area contributed by atoms with Crippen LogP contribution in [0.3, 0.4) is 0 Å². The van der Waals surface area contributed by atoms with E-state index in [-0.39, 0.29) is 0 Å². The molecule has 2 rings (SSSR count). The van der Waals surface area contributed by atoms with E-state index in [1.807, 2.05) is 0 Å². The number of benzene rings is 1. The first-order valence-electron chi connectivity index (χ1n) is 6.86. The Morgan fingerprint density at radius 1 is 1.17 bits per heavy atom. The van der Waals surface area contributed by atoms with Crippen molar-refractivity contribution in [3.63, 3.8) is 0 Å². The molecule has 1 fully saturated rings. The molecule has 18 heavy (non-hydrogen) atoms. The maximum absolute atomic E-state index is 3.70. The molecule has 0 radical (unpaired) electrons. The summed E-state index contributed by atoms with van der Waals surface area (Å²) in [7, 11) is 4.17. The van der Waals surface area contributed by atoms with Crippen LogP contribution in [0, 0.1) is 5.41 Å². The van der Waals surface area contributed by atoms with Crippen LogP contribution >= 0.6 is 15.9 Å². The van der Waals surface area contributed by atoms with Gasteiger partial charge in [0.25, 0.3) is 0 Å². The van der Waals surface area contributed by atoms with Gasteiger partial charge in [-0.1, -0.05) is 19.9 Å². The van der Waals surface area contributed by atoms with Crippen LogP contribution in [-0.4, -0.2) is 14.1 Å². The van der Waals surface area contributed by atoms with Gasteiger partial charge in [0.1, 0.15) is 0 Å². The number of hydrogen-bond acceptors (Lipinski definition) is 1. The Bertz CT molecular complexity index is 413. The van der Waals surface area contributed by atoms with Gasteiger partial charge in [0, 0.05) is 18.6 Å². The molecule has 0 saturated heterocycles. The van der Waals surface area contributed by atoms with Gasteiger partial charge < -0.3 is 4.90 Å². The fraction of sp³-hybridized carbons (Fsp3) is 0.625. The molecule has 1 aromatic rings. The molecule has 1 aliphatic rings. The standard InChI is InChI=1S/C16H24BrN/c1-16(2)9-7-12(8-10-16)13-5-6-15(18(3)4)14(17)11-13/h5-6,11-12H,7-10H2,1-4H3. The van der Waals surface area contributed by atoms with Gasteiger partial charge in [0.15, 0.2) is 0 Å². The molecule has 0 spiro atoms. The lowest BCUT2D eigenvalue weighted by molar-refractivity contribution is 0.224. The van der Waals surface area contributed by atoms with Crippen molar-refractivity contribution in [3.8, 4) is 0 Å². The van der Waals surface area contributed by atoms with Crippen molar-refractivity contribution < 1.29 is 0 Å². The summed E-state index contributed by atoms with van der Waals surface area (Å²) in [5, 5.41) is 0. The topological polar surface area (TPSA) is 3.24 Å². The third kappa shape index (κ3) is 3.09. The minimum absolute atomic E-state index is 0.553. The molecule has 2 heteroatoms. The van der Waals surface area contributed by atoms with E-state index in [2.05, 4.69) is 67.0 Å². The smallest absolute Gasteiger partial charge is 0.0505 e. The largest absolute Gasteiger partial charge is 0.377 e. The maximum Gasteiger partial charge on any atom is 0.0505 e. The van der Waals surface area contributed by atoms with E-state index in [4.69, 9.17) is 0 Å². The molecule has 0 unspecified atom stereocenters. The molecule has 1 saturated carbocycles. The van der Waals surface area contributed by atoms with Crippen LogP contribution in [0.5, 0.6) is 0 Å². The van der Waals surface area contributed by atoms with Crippen molar-refractivity contribution in [2.24, 2.45) is 5.41 Å². The van der Waals surface area contributed by atoms with Crippen LogP contribution in [0.2, 0.25) is 0 Å². The van der Waals surface area contributed by atoms with Gasteiger partial charge in [-0.05, 0) is 70.6 Å². The molecule has 1 nitrogen and oxygen atoms in total. The first kappa shape index (κ1) is 13.9. The first-order chi connectivity index (χ1) is 8.39. The number of halogens is 1. The summed E-state index contributed by atoms with van der Waals surface area (Å²) >= 11 is 3.70. The van der Waals surface area contributed by atoms with Crippen LogP contribution in [-0.2, 0) is 0 Å². The van der Waals surface area contributed by atoms with E-state index in [0.717, 1.165) is 5.92 Å². The summed E-state index contributed by atoms with van der Waals surface area (Å²) in [6, 6.07) is 6.86. The minimum atomic E-state index is 0.553. The minimum Gasteiger partial charge on any atom is -0.377 e. The highest BCUT2D eigenvalue weighted by Gasteiger charge is 2.27. The molecule has 1 aromatic carbocycles. The lowest BCUT2D eigenvalue weighted by Gasteiger charge is -2.34. The molecular formula is C16H24BrN. The Balaban J connectivity index is 2.13. The van der Waals surface area contributed by atoms with E-state index >= 15 is 0 Å². The molecule has 0 atom stereocenters. The average Bonchev–Trinajstić information content (AvgIpc) is 2.28. The van der Waals surface area contributed by atoms with Crippen LogP contribution < -0.4 is 4.90 Å². The zero-order valence-electron chi connectivity index (χ0n) is 12.0.